The van der Waals surface area contributed by atoms with E-state index in [0.29, 0.717) is 18.4 Å². The molecule has 1 aromatic rings. The molecule has 94 valence electrons. The molecule has 0 aromatic carbocycles. The van der Waals surface area contributed by atoms with E-state index in [2.05, 4.69) is 10.5 Å². The Morgan fingerprint density at radius 1 is 1.59 bits per heavy atom. The number of rotatable bonds is 5. The molecule has 2 N–H and O–H groups in total. The van der Waals surface area contributed by atoms with Gasteiger partial charge in [-0.1, -0.05) is 18.5 Å². The molecular weight excluding hydrogens is 224 g/mol. The van der Waals surface area contributed by atoms with Crippen LogP contribution in [0.4, 0.5) is 0 Å². The van der Waals surface area contributed by atoms with Gasteiger partial charge in [-0.2, -0.15) is 0 Å². The van der Waals surface area contributed by atoms with Gasteiger partial charge in [0, 0.05) is 5.56 Å². The highest BCUT2D eigenvalue weighted by atomic mass is 16.5. The smallest absolute Gasteiger partial charge is 0.329 e. The lowest BCUT2D eigenvalue weighted by atomic mass is 9.96. The molecule has 0 aliphatic carbocycles. The molecule has 0 aliphatic rings. The predicted molar refractivity (Wildman–Crippen MR) is 59.7 cm³/mol. The highest BCUT2D eigenvalue weighted by molar-refractivity contribution is 5.96. The second-order valence-corrected chi connectivity index (χ2v) is 4.18. The van der Waals surface area contributed by atoms with E-state index in [4.69, 9.17) is 9.63 Å². The number of carboxylic acid groups (broad SMARTS) is 1. The Balaban J connectivity index is 2.85. The summed E-state index contributed by atoms with van der Waals surface area (Å²) in [7, 11) is 0. The van der Waals surface area contributed by atoms with E-state index >= 15 is 0 Å². The quantitative estimate of drug-likeness (QED) is 0.810. The van der Waals surface area contributed by atoms with Crippen LogP contribution in [0.5, 0.6) is 0 Å². The summed E-state index contributed by atoms with van der Waals surface area (Å²) in [6.07, 6.45) is 2.41. The number of carboxylic acids is 1. The number of hydrogen-bond acceptors (Lipinski definition) is 4. The van der Waals surface area contributed by atoms with Gasteiger partial charge in [-0.05, 0) is 20.3 Å². The predicted octanol–water partition coefficient (Wildman–Crippen LogP) is 1.36. The number of carbonyl (C=O) groups excluding carboxylic acids is 1. The van der Waals surface area contributed by atoms with Crippen LogP contribution in [-0.4, -0.2) is 27.7 Å². The number of hydrogen-bond donors (Lipinski definition) is 2. The molecule has 1 atom stereocenters. The maximum atomic E-state index is 11.8. The van der Waals surface area contributed by atoms with Crippen LogP contribution in [-0.2, 0) is 4.79 Å². The number of nitrogens with zero attached hydrogens (tertiary/aromatic N) is 1. The zero-order valence-electron chi connectivity index (χ0n) is 10.1. The van der Waals surface area contributed by atoms with E-state index in [-0.39, 0.29) is 5.76 Å². The normalized spacial score (nSPS) is 14.1. The van der Waals surface area contributed by atoms with Gasteiger partial charge >= 0.3 is 5.97 Å². The zero-order chi connectivity index (χ0) is 13.1. The SMILES string of the molecule is CCCC(C)(NC(=O)c1oncc1C)C(=O)O. The first-order valence-corrected chi connectivity index (χ1v) is 5.38. The number of amides is 1. The summed E-state index contributed by atoms with van der Waals surface area (Å²) < 4.78 is 4.77. The lowest BCUT2D eigenvalue weighted by Gasteiger charge is -2.25. The summed E-state index contributed by atoms with van der Waals surface area (Å²) >= 11 is 0. The van der Waals surface area contributed by atoms with Crippen LogP contribution in [0.15, 0.2) is 10.7 Å². The third-order valence-corrected chi connectivity index (χ3v) is 2.57. The van der Waals surface area contributed by atoms with E-state index in [1.165, 1.54) is 13.1 Å². The molecular formula is C11H16N2O4. The fourth-order valence-corrected chi connectivity index (χ4v) is 1.54. The first kappa shape index (κ1) is 13.2. The summed E-state index contributed by atoms with van der Waals surface area (Å²) in [6, 6.07) is 0. The van der Waals surface area contributed by atoms with Gasteiger partial charge in [0.25, 0.3) is 5.91 Å². The Morgan fingerprint density at radius 3 is 2.65 bits per heavy atom. The lowest BCUT2D eigenvalue weighted by Crippen LogP contribution is -2.52. The Kier molecular flexibility index (Phi) is 3.88. The van der Waals surface area contributed by atoms with Crippen molar-refractivity contribution < 1.29 is 19.2 Å². The third kappa shape index (κ3) is 2.83. The van der Waals surface area contributed by atoms with Crippen molar-refractivity contribution in [1.29, 1.82) is 0 Å². The summed E-state index contributed by atoms with van der Waals surface area (Å²) in [5, 5.41) is 15.1. The minimum Gasteiger partial charge on any atom is -0.480 e. The van der Waals surface area contributed by atoms with Crippen LogP contribution in [0.2, 0.25) is 0 Å². The average molecular weight is 240 g/mol. The average Bonchev–Trinajstić information content (AvgIpc) is 2.64. The molecule has 6 nitrogen and oxygen atoms in total. The molecule has 1 aromatic heterocycles. The number of aromatic nitrogens is 1. The van der Waals surface area contributed by atoms with Crippen LogP contribution in [0.1, 0.15) is 42.8 Å². The molecule has 6 heteroatoms. The molecule has 1 amide bonds. The zero-order valence-corrected chi connectivity index (χ0v) is 10.1. The first-order valence-electron chi connectivity index (χ1n) is 5.38. The van der Waals surface area contributed by atoms with Crippen molar-refractivity contribution in [1.82, 2.24) is 10.5 Å². The largest absolute Gasteiger partial charge is 0.480 e. The fraction of sp³-hybridized carbons (Fsp3) is 0.545. The van der Waals surface area contributed by atoms with Gasteiger partial charge in [0.05, 0.1) is 6.20 Å². The van der Waals surface area contributed by atoms with Gasteiger partial charge in [-0.3, -0.25) is 4.79 Å². The van der Waals surface area contributed by atoms with Crippen LogP contribution in [0.3, 0.4) is 0 Å². The maximum absolute atomic E-state index is 11.8. The highest BCUT2D eigenvalue weighted by Crippen LogP contribution is 2.15. The Bertz CT molecular complexity index is 427. The summed E-state index contributed by atoms with van der Waals surface area (Å²) in [5.74, 6) is -1.57. The van der Waals surface area contributed by atoms with Crippen molar-refractivity contribution in [3.05, 3.63) is 17.5 Å². The summed E-state index contributed by atoms with van der Waals surface area (Å²) in [6.45, 7) is 5.00. The van der Waals surface area contributed by atoms with Crippen molar-refractivity contribution in [3.63, 3.8) is 0 Å². The molecule has 0 spiro atoms. The number of carbonyl (C=O) groups is 2. The van der Waals surface area contributed by atoms with Crippen LogP contribution in [0.25, 0.3) is 0 Å². The van der Waals surface area contributed by atoms with E-state index < -0.39 is 17.4 Å². The van der Waals surface area contributed by atoms with Gasteiger partial charge in [-0.25, -0.2) is 4.79 Å². The third-order valence-electron chi connectivity index (χ3n) is 2.57. The van der Waals surface area contributed by atoms with Gasteiger partial charge in [0.2, 0.25) is 5.76 Å². The highest BCUT2D eigenvalue weighted by Gasteiger charge is 2.35. The Morgan fingerprint density at radius 2 is 2.24 bits per heavy atom. The van der Waals surface area contributed by atoms with Gasteiger partial charge in [-0.15, -0.1) is 0 Å². The van der Waals surface area contributed by atoms with E-state index in [9.17, 15) is 9.59 Å². The van der Waals surface area contributed by atoms with Crippen molar-refractivity contribution in [2.24, 2.45) is 0 Å². The van der Waals surface area contributed by atoms with Crippen LogP contribution in [0, 0.1) is 6.92 Å². The van der Waals surface area contributed by atoms with E-state index in [1.54, 1.807) is 6.92 Å². The molecule has 1 rings (SSSR count). The minimum atomic E-state index is -1.29. The van der Waals surface area contributed by atoms with Crippen LogP contribution >= 0.6 is 0 Å². The van der Waals surface area contributed by atoms with E-state index in [0.717, 1.165) is 0 Å². The van der Waals surface area contributed by atoms with Crippen molar-refractivity contribution in [2.75, 3.05) is 0 Å². The van der Waals surface area contributed by atoms with E-state index in [1.807, 2.05) is 6.92 Å². The number of aryl methyl sites for hydroxylation is 1. The van der Waals surface area contributed by atoms with Gasteiger partial charge < -0.3 is 14.9 Å². The molecule has 1 heterocycles. The number of nitrogens with one attached hydrogen (secondary N) is 1. The monoisotopic (exact) mass is 240 g/mol. The number of aliphatic carboxylic acids is 1. The second-order valence-electron chi connectivity index (χ2n) is 4.18. The molecule has 0 aliphatic heterocycles. The standard InChI is InChI=1S/C11H16N2O4/c1-4-5-11(3,10(15)16)13-9(14)8-7(2)6-12-17-8/h6H,4-5H2,1-3H3,(H,13,14)(H,15,16). The molecule has 0 bridgehead atoms. The Labute approximate surface area is 99.0 Å². The maximum Gasteiger partial charge on any atom is 0.329 e. The fourth-order valence-electron chi connectivity index (χ4n) is 1.54. The van der Waals surface area contributed by atoms with Crippen molar-refractivity contribution in [3.8, 4) is 0 Å². The first-order chi connectivity index (χ1) is 7.90. The Hall–Kier alpha value is -1.85. The van der Waals surface area contributed by atoms with Crippen molar-refractivity contribution in [2.45, 2.75) is 39.2 Å². The van der Waals surface area contributed by atoms with Gasteiger partial charge in [0.15, 0.2) is 0 Å². The molecule has 0 fully saturated rings. The second kappa shape index (κ2) is 4.99. The minimum absolute atomic E-state index is 0.0496. The topological polar surface area (TPSA) is 92.4 Å². The summed E-state index contributed by atoms with van der Waals surface area (Å²) in [5.41, 5.74) is -0.711. The molecule has 17 heavy (non-hydrogen) atoms. The van der Waals surface area contributed by atoms with Crippen LogP contribution < -0.4 is 5.32 Å². The summed E-state index contributed by atoms with van der Waals surface area (Å²) in [4.78, 5) is 23.0. The van der Waals surface area contributed by atoms with Crippen molar-refractivity contribution >= 4 is 11.9 Å². The molecule has 0 saturated heterocycles. The molecule has 1 unspecified atom stereocenters. The van der Waals surface area contributed by atoms with Gasteiger partial charge in [0.1, 0.15) is 5.54 Å². The molecule has 0 saturated carbocycles. The lowest BCUT2D eigenvalue weighted by molar-refractivity contribution is -0.144. The molecule has 0 radical (unpaired) electrons.